The van der Waals surface area contributed by atoms with Crippen LogP contribution in [0.15, 0.2) is 47.5 Å². The number of anilines is 1. The van der Waals surface area contributed by atoms with Gasteiger partial charge in [-0.2, -0.15) is 0 Å². The van der Waals surface area contributed by atoms with E-state index in [9.17, 15) is 29.7 Å². The zero-order valence-corrected chi connectivity index (χ0v) is 21.3. The molecule has 0 aliphatic heterocycles. The Bertz CT molecular complexity index is 1130. The van der Waals surface area contributed by atoms with Crippen molar-refractivity contribution in [2.45, 2.75) is 18.6 Å². The van der Waals surface area contributed by atoms with Gasteiger partial charge in [-0.3, -0.25) is 19.4 Å². The molecular weight excluding hydrogens is 560 g/mol. The number of hydrogen-bond acceptors (Lipinski definition) is 9. The first-order valence-electron chi connectivity index (χ1n) is 10.5. The van der Waals surface area contributed by atoms with Crippen molar-refractivity contribution in [3.63, 3.8) is 0 Å². The second-order valence-corrected chi connectivity index (χ2v) is 8.85. The maximum Gasteiger partial charge on any atom is 0.305 e. The smallest absolute Gasteiger partial charge is 0.305 e. The maximum atomic E-state index is 12.5. The lowest BCUT2D eigenvalue weighted by Gasteiger charge is -2.20. The maximum absolute atomic E-state index is 12.5. The molecule has 0 aliphatic carbocycles. The number of benzene rings is 1. The van der Waals surface area contributed by atoms with Gasteiger partial charge in [0.25, 0.3) is 5.91 Å². The van der Waals surface area contributed by atoms with Crippen molar-refractivity contribution in [2.24, 2.45) is 5.73 Å². The third kappa shape index (κ3) is 9.00. The van der Waals surface area contributed by atoms with Crippen LogP contribution in [-0.4, -0.2) is 63.8 Å². The molecule has 1 aromatic heterocycles. The molecule has 0 spiro atoms. The predicted octanol–water partition coefficient (Wildman–Crippen LogP) is 1.06. The van der Waals surface area contributed by atoms with Gasteiger partial charge in [0.15, 0.2) is 0 Å². The van der Waals surface area contributed by atoms with Gasteiger partial charge in [-0.25, -0.2) is 0 Å². The summed E-state index contributed by atoms with van der Waals surface area (Å²) < 4.78 is 0.234. The van der Waals surface area contributed by atoms with Crippen LogP contribution in [0.5, 0.6) is 5.75 Å². The van der Waals surface area contributed by atoms with Crippen molar-refractivity contribution < 1.29 is 29.7 Å². The number of halogens is 2. The van der Waals surface area contributed by atoms with Crippen molar-refractivity contribution in [1.29, 1.82) is 0 Å². The largest absolute Gasteiger partial charge is 0.506 e. The third-order valence-electron chi connectivity index (χ3n) is 4.68. The zero-order valence-electron chi connectivity index (χ0n) is 18.9. The van der Waals surface area contributed by atoms with E-state index >= 15 is 0 Å². The minimum absolute atomic E-state index is 0.0833. The number of aromatic hydroxyl groups is 1. The molecule has 194 valence electrons. The summed E-state index contributed by atoms with van der Waals surface area (Å²) in [5.41, 5.74) is 6.01. The molecule has 9 N–H and O–H groups in total. The molecule has 0 saturated heterocycles. The quantitative estimate of drug-likeness (QED) is 0.168. The predicted molar refractivity (Wildman–Crippen MR) is 136 cm³/mol. The molecule has 0 fully saturated rings. The number of carboxylic acids is 1. The number of amides is 2. The fraction of sp³-hybridized carbons (Fsp3) is 0.273. The van der Waals surface area contributed by atoms with E-state index in [1.165, 1.54) is 30.6 Å². The van der Waals surface area contributed by atoms with Crippen LogP contribution < -0.4 is 27.0 Å². The topological polar surface area (TPSA) is 199 Å². The molecule has 2 atom stereocenters. The molecule has 1 heterocycles. The number of aromatic nitrogens is 1. The highest BCUT2D eigenvalue weighted by Crippen LogP contribution is 2.36. The van der Waals surface area contributed by atoms with E-state index in [-0.39, 0.29) is 39.5 Å². The molecule has 36 heavy (non-hydrogen) atoms. The van der Waals surface area contributed by atoms with Crippen LogP contribution in [0, 0.1) is 0 Å². The summed E-state index contributed by atoms with van der Waals surface area (Å²) in [6, 6.07) is 3.14. The normalized spacial score (nSPS) is 12.2. The van der Waals surface area contributed by atoms with Crippen LogP contribution in [0.1, 0.15) is 28.4 Å². The summed E-state index contributed by atoms with van der Waals surface area (Å²) in [4.78, 5) is 40.3. The summed E-state index contributed by atoms with van der Waals surface area (Å²) in [7, 11) is 0. The molecule has 0 bridgehead atoms. The van der Waals surface area contributed by atoms with Gasteiger partial charge in [-0.15, -0.1) is 0 Å². The van der Waals surface area contributed by atoms with Crippen LogP contribution >= 0.6 is 27.5 Å². The van der Waals surface area contributed by atoms with Crippen molar-refractivity contribution in [1.82, 2.24) is 20.9 Å². The Labute approximate surface area is 220 Å². The Morgan fingerprint density at radius 3 is 2.58 bits per heavy atom. The van der Waals surface area contributed by atoms with Crippen molar-refractivity contribution in [3.05, 3.63) is 63.6 Å². The third-order valence-corrected chi connectivity index (χ3v) is 5.50. The molecule has 0 aliphatic rings. The van der Waals surface area contributed by atoms with E-state index in [1.54, 1.807) is 0 Å². The minimum Gasteiger partial charge on any atom is -0.506 e. The number of carboxylic acid groups (broad SMARTS) is 1. The number of pyridine rings is 1. The standard InChI is InChI=1S/C22H26BrClN6O6/c1-11(27-9-15(31)6-25)29-14-2-12(7-26-8-14)22(36)28-10-19(32)30-18(5-20(33)34)16-3-13(24)4-17(23)21(16)35/h2-4,7-8,15,18,27,29,31,35H,1,5-6,9-10,25H2,(H,28,36)(H,30,32)(H,33,34)/t15?,18-/m0/s1. The lowest BCUT2D eigenvalue weighted by atomic mass is 10.0. The molecule has 0 radical (unpaired) electrons. The fourth-order valence-corrected chi connectivity index (χ4v) is 3.78. The number of carbonyl (C=O) groups is 3. The van der Waals surface area contributed by atoms with Gasteiger partial charge in [-0.1, -0.05) is 18.2 Å². The molecule has 0 saturated carbocycles. The Balaban J connectivity index is 2.00. The van der Waals surface area contributed by atoms with E-state index in [0.29, 0.717) is 11.5 Å². The Hall–Kier alpha value is -3.39. The van der Waals surface area contributed by atoms with Crippen LogP contribution in [0.25, 0.3) is 0 Å². The highest BCUT2D eigenvalue weighted by Gasteiger charge is 2.23. The Morgan fingerprint density at radius 1 is 1.19 bits per heavy atom. The van der Waals surface area contributed by atoms with Gasteiger partial charge in [0.05, 0.1) is 52.9 Å². The Morgan fingerprint density at radius 2 is 1.92 bits per heavy atom. The first kappa shape index (κ1) is 28.8. The summed E-state index contributed by atoms with van der Waals surface area (Å²) in [6.45, 7) is 3.54. The number of aliphatic hydroxyl groups excluding tert-OH is 1. The van der Waals surface area contributed by atoms with E-state index < -0.39 is 42.9 Å². The number of aliphatic carboxylic acids is 1. The number of nitrogens with two attached hydrogens (primary N) is 1. The lowest BCUT2D eigenvalue weighted by molar-refractivity contribution is -0.137. The number of rotatable bonds is 13. The number of aliphatic hydroxyl groups is 1. The van der Waals surface area contributed by atoms with Gasteiger partial charge >= 0.3 is 5.97 Å². The van der Waals surface area contributed by atoms with Gasteiger partial charge < -0.3 is 42.3 Å². The molecule has 12 nitrogen and oxygen atoms in total. The van der Waals surface area contributed by atoms with Crippen LogP contribution in [0.2, 0.25) is 5.02 Å². The molecule has 2 amide bonds. The van der Waals surface area contributed by atoms with Crippen molar-refractivity contribution in [3.8, 4) is 5.75 Å². The first-order valence-corrected chi connectivity index (χ1v) is 11.7. The average molecular weight is 586 g/mol. The van der Waals surface area contributed by atoms with E-state index in [4.69, 9.17) is 17.3 Å². The van der Waals surface area contributed by atoms with Crippen molar-refractivity contribution >= 4 is 51.0 Å². The fourth-order valence-electron chi connectivity index (χ4n) is 2.95. The Kier molecular flexibility index (Phi) is 10.9. The zero-order chi connectivity index (χ0) is 26.8. The summed E-state index contributed by atoms with van der Waals surface area (Å²) >= 11 is 9.12. The highest BCUT2D eigenvalue weighted by atomic mass is 79.9. The molecule has 2 aromatic rings. The molecule has 2 rings (SSSR count). The lowest BCUT2D eigenvalue weighted by Crippen LogP contribution is -2.39. The van der Waals surface area contributed by atoms with Crippen LogP contribution in [0.4, 0.5) is 5.69 Å². The molecule has 1 aromatic carbocycles. The number of hydrogen-bond donors (Lipinski definition) is 8. The summed E-state index contributed by atoms with van der Waals surface area (Å²) in [5.74, 6) is -2.44. The van der Waals surface area contributed by atoms with Gasteiger partial charge in [0.1, 0.15) is 5.75 Å². The number of nitrogens with one attached hydrogen (secondary N) is 4. The summed E-state index contributed by atoms with van der Waals surface area (Å²) in [6.07, 6.45) is 1.46. The SMILES string of the molecule is C=C(NCC(O)CN)Nc1cncc(C(=O)NCC(=O)N[C@@H](CC(=O)O)c2cc(Cl)cc(Br)c2O)c1. The monoisotopic (exact) mass is 584 g/mol. The number of nitrogens with zero attached hydrogens (tertiary/aromatic N) is 1. The number of phenolic OH excluding ortho intramolecular Hbond substituents is 1. The van der Waals surface area contributed by atoms with E-state index in [0.717, 1.165) is 0 Å². The number of phenols is 1. The van der Waals surface area contributed by atoms with Crippen LogP contribution in [-0.2, 0) is 9.59 Å². The van der Waals surface area contributed by atoms with Crippen LogP contribution in [0.3, 0.4) is 0 Å². The van der Waals surface area contributed by atoms with Crippen molar-refractivity contribution in [2.75, 3.05) is 25.0 Å². The van der Waals surface area contributed by atoms with Gasteiger partial charge in [-0.05, 0) is 34.1 Å². The molecule has 1 unspecified atom stereocenters. The second-order valence-electron chi connectivity index (χ2n) is 7.56. The van der Waals surface area contributed by atoms with Gasteiger partial charge in [0.2, 0.25) is 5.91 Å². The van der Waals surface area contributed by atoms with Gasteiger partial charge in [0, 0.05) is 29.9 Å². The molecular formula is C22H26BrClN6O6. The number of carbonyl (C=O) groups excluding carboxylic acids is 2. The van der Waals surface area contributed by atoms with E-state index in [2.05, 4.69) is 48.8 Å². The first-order chi connectivity index (χ1) is 17.0. The summed E-state index contributed by atoms with van der Waals surface area (Å²) in [5, 5.41) is 39.9. The van der Waals surface area contributed by atoms with E-state index in [1.807, 2.05) is 0 Å². The minimum atomic E-state index is -1.22. The molecule has 14 heteroatoms. The average Bonchev–Trinajstić information content (AvgIpc) is 2.82. The second kappa shape index (κ2) is 13.6. The highest BCUT2D eigenvalue weighted by molar-refractivity contribution is 9.10.